The summed E-state index contributed by atoms with van der Waals surface area (Å²) in [6, 6.07) is 0.178. The van der Waals surface area contributed by atoms with Crippen molar-refractivity contribution < 1.29 is 4.79 Å². The van der Waals surface area contributed by atoms with Gasteiger partial charge in [-0.2, -0.15) is 15.2 Å². The Labute approximate surface area is 91.9 Å². The lowest BCUT2D eigenvalue weighted by Gasteiger charge is -2.15. The van der Waals surface area contributed by atoms with Crippen molar-refractivity contribution in [1.29, 1.82) is 0 Å². The second kappa shape index (κ2) is 6.46. The van der Waals surface area contributed by atoms with Crippen LogP contribution in [0.15, 0.2) is 15.2 Å². The summed E-state index contributed by atoms with van der Waals surface area (Å²) in [6.45, 7) is 10.0. The number of nitrogens with zero attached hydrogens (tertiary/aromatic N) is 3. The number of rotatable bonds is 6. The van der Waals surface area contributed by atoms with Gasteiger partial charge in [0.2, 0.25) is 6.08 Å². The molecule has 15 heavy (non-hydrogen) atoms. The molecule has 2 atom stereocenters. The summed E-state index contributed by atoms with van der Waals surface area (Å²) in [7, 11) is 0. The molecule has 4 nitrogen and oxygen atoms in total. The zero-order valence-electron chi connectivity index (χ0n) is 10.3. The predicted molar refractivity (Wildman–Crippen MR) is 60.6 cm³/mol. The Morgan fingerprint density at radius 1 is 1.33 bits per heavy atom. The first-order chi connectivity index (χ1) is 6.93. The normalized spacial score (nSPS) is 17.5. The molecule has 0 N–H and O–H groups in total. The topological polar surface area (TPSA) is 54.1 Å². The van der Waals surface area contributed by atoms with Gasteiger partial charge < -0.3 is 0 Å². The molecule has 0 aliphatic heterocycles. The zero-order valence-corrected chi connectivity index (χ0v) is 10.3. The maximum absolute atomic E-state index is 10.2. The number of azo groups is 1. The van der Waals surface area contributed by atoms with Crippen LogP contribution in [-0.4, -0.2) is 17.8 Å². The lowest BCUT2D eigenvalue weighted by Crippen LogP contribution is -2.17. The van der Waals surface area contributed by atoms with Gasteiger partial charge in [-0.25, -0.2) is 4.79 Å². The van der Waals surface area contributed by atoms with Gasteiger partial charge in [0, 0.05) is 0 Å². The molecule has 0 fully saturated rings. The molecule has 0 aromatic carbocycles. The first-order valence-electron chi connectivity index (χ1n) is 5.44. The molecule has 2 unspecified atom stereocenters. The van der Waals surface area contributed by atoms with E-state index in [2.05, 4.69) is 29.1 Å². The van der Waals surface area contributed by atoms with E-state index in [1.807, 2.05) is 13.8 Å². The summed E-state index contributed by atoms with van der Waals surface area (Å²) >= 11 is 0. The third-order valence-corrected chi connectivity index (χ3v) is 2.24. The van der Waals surface area contributed by atoms with Crippen LogP contribution >= 0.6 is 0 Å². The van der Waals surface area contributed by atoms with Crippen LogP contribution < -0.4 is 0 Å². The van der Waals surface area contributed by atoms with E-state index in [4.69, 9.17) is 0 Å². The first kappa shape index (κ1) is 14.0. The average molecular weight is 211 g/mol. The fraction of sp³-hybridized carbons (Fsp3) is 0.909. The molecule has 0 radical (unpaired) electrons. The molecule has 0 aromatic rings. The molecule has 0 heterocycles. The number of hydrogen-bond donors (Lipinski definition) is 0. The fourth-order valence-electron chi connectivity index (χ4n) is 1.22. The Balaban J connectivity index is 4.40. The second-order valence-electron chi connectivity index (χ2n) is 4.47. The van der Waals surface area contributed by atoms with E-state index in [1.54, 1.807) is 13.0 Å². The molecular weight excluding hydrogens is 190 g/mol. The highest BCUT2D eigenvalue weighted by molar-refractivity contribution is 5.34. The molecule has 0 amide bonds. The van der Waals surface area contributed by atoms with E-state index in [0.717, 1.165) is 6.42 Å². The van der Waals surface area contributed by atoms with Crippen molar-refractivity contribution in [2.75, 3.05) is 0 Å². The maximum atomic E-state index is 10.2. The van der Waals surface area contributed by atoms with Crippen LogP contribution in [0, 0.1) is 5.92 Å². The molecule has 0 aromatic heterocycles. The van der Waals surface area contributed by atoms with Crippen LogP contribution in [0.4, 0.5) is 0 Å². The predicted octanol–water partition coefficient (Wildman–Crippen LogP) is 3.34. The number of isocyanates is 1. The van der Waals surface area contributed by atoms with E-state index in [-0.39, 0.29) is 6.04 Å². The number of aliphatic imine (C=N–C) groups is 1. The van der Waals surface area contributed by atoms with Crippen LogP contribution in [0.3, 0.4) is 0 Å². The summed E-state index contributed by atoms with van der Waals surface area (Å²) in [6.07, 6.45) is 3.19. The van der Waals surface area contributed by atoms with Gasteiger partial charge in [0.1, 0.15) is 0 Å². The summed E-state index contributed by atoms with van der Waals surface area (Å²) in [5.74, 6) is 0.599. The molecule has 0 rings (SSSR count). The highest BCUT2D eigenvalue weighted by Gasteiger charge is 2.19. The Kier molecular flexibility index (Phi) is 6.02. The molecule has 0 aliphatic rings. The Hall–Kier alpha value is -1.02. The lowest BCUT2D eigenvalue weighted by atomic mass is 10.1. The van der Waals surface area contributed by atoms with Crippen molar-refractivity contribution in [2.24, 2.45) is 21.1 Å². The van der Waals surface area contributed by atoms with Gasteiger partial charge in [0.25, 0.3) is 0 Å². The standard InChI is InChI=1S/C11H21N3O/c1-6-11(5,12-8-15)14-13-10(4)7-9(2)3/h9-10H,6-7H2,1-5H3/b14-13+. The Morgan fingerprint density at radius 3 is 2.33 bits per heavy atom. The molecule has 0 saturated carbocycles. The molecule has 0 bridgehead atoms. The van der Waals surface area contributed by atoms with Gasteiger partial charge in [-0.05, 0) is 32.6 Å². The number of carbonyl (C=O) groups excluding carboxylic acids is 1. The first-order valence-corrected chi connectivity index (χ1v) is 5.44. The van der Waals surface area contributed by atoms with E-state index in [9.17, 15) is 4.79 Å². The van der Waals surface area contributed by atoms with E-state index >= 15 is 0 Å². The summed E-state index contributed by atoms with van der Waals surface area (Å²) in [4.78, 5) is 13.9. The van der Waals surface area contributed by atoms with E-state index in [0.29, 0.717) is 12.3 Å². The van der Waals surface area contributed by atoms with Gasteiger partial charge in [-0.3, -0.25) is 0 Å². The van der Waals surface area contributed by atoms with Gasteiger partial charge in [0.15, 0.2) is 5.66 Å². The minimum absolute atomic E-state index is 0.178. The van der Waals surface area contributed by atoms with Crippen LogP contribution in [0.1, 0.15) is 47.5 Å². The van der Waals surface area contributed by atoms with E-state index < -0.39 is 5.66 Å². The quantitative estimate of drug-likeness (QED) is 0.377. The zero-order chi connectivity index (χ0) is 11.9. The third-order valence-electron chi connectivity index (χ3n) is 2.24. The highest BCUT2D eigenvalue weighted by Crippen LogP contribution is 2.18. The Morgan fingerprint density at radius 2 is 1.93 bits per heavy atom. The molecule has 0 saturated heterocycles. The molecule has 4 heteroatoms. The summed E-state index contributed by atoms with van der Waals surface area (Å²) < 4.78 is 0. The molecular formula is C11H21N3O. The van der Waals surface area contributed by atoms with Crippen LogP contribution in [0.25, 0.3) is 0 Å². The Bertz CT molecular complexity index is 257. The fourth-order valence-corrected chi connectivity index (χ4v) is 1.22. The SMILES string of the molecule is CCC(C)(N=C=O)/N=N/C(C)CC(C)C. The average Bonchev–Trinajstić information content (AvgIpc) is 2.14. The third kappa shape index (κ3) is 6.13. The highest BCUT2D eigenvalue weighted by atomic mass is 16.1. The summed E-state index contributed by atoms with van der Waals surface area (Å²) in [5.41, 5.74) is -0.729. The maximum Gasteiger partial charge on any atom is 0.237 e. The van der Waals surface area contributed by atoms with Crippen molar-refractivity contribution in [3.63, 3.8) is 0 Å². The smallest absolute Gasteiger partial charge is 0.211 e. The van der Waals surface area contributed by atoms with Gasteiger partial charge in [0.05, 0.1) is 6.04 Å². The van der Waals surface area contributed by atoms with Gasteiger partial charge in [-0.15, -0.1) is 0 Å². The summed E-state index contributed by atoms with van der Waals surface area (Å²) in [5, 5.41) is 8.29. The second-order valence-corrected chi connectivity index (χ2v) is 4.47. The monoisotopic (exact) mass is 211 g/mol. The minimum atomic E-state index is -0.729. The molecule has 0 aliphatic carbocycles. The minimum Gasteiger partial charge on any atom is -0.211 e. The lowest BCUT2D eigenvalue weighted by molar-refractivity contribution is 0.417. The van der Waals surface area contributed by atoms with Crippen LogP contribution in [0.5, 0.6) is 0 Å². The van der Waals surface area contributed by atoms with Crippen molar-refractivity contribution in [1.82, 2.24) is 0 Å². The van der Waals surface area contributed by atoms with Crippen molar-refractivity contribution in [3.05, 3.63) is 0 Å². The van der Waals surface area contributed by atoms with Crippen LogP contribution in [0.2, 0.25) is 0 Å². The van der Waals surface area contributed by atoms with Crippen molar-refractivity contribution in [2.45, 2.75) is 59.2 Å². The van der Waals surface area contributed by atoms with Crippen LogP contribution in [-0.2, 0) is 4.79 Å². The molecule has 86 valence electrons. The van der Waals surface area contributed by atoms with Gasteiger partial charge >= 0.3 is 0 Å². The largest absolute Gasteiger partial charge is 0.237 e. The van der Waals surface area contributed by atoms with Crippen molar-refractivity contribution >= 4 is 6.08 Å². The molecule has 0 spiro atoms. The van der Waals surface area contributed by atoms with Crippen molar-refractivity contribution in [3.8, 4) is 0 Å². The number of hydrogen-bond acceptors (Lipinski definition) is 4. The van der Waals surface area contributed by atoms with E-state index in [1.165, 1.54) is 0 Å². The van der Waals surface area contributed by atoms with Gasteiger partial charge in [-0.1, -0.05) is 20.8 Å².